The van der Waals surface area contributed by atoms with Crippen LogP contribution in [0.15, 0.2) is 6.20 Å². The van der Waals surface area contributed by atoms with Crippen LogP contribution in [0.2, 0.25) is 0 Å². The van der Waals surface area contributed by atoms with Crippen LogP contribution in [0.25, 0.3) is 0 Å². The van der Waals surface area contributed by atoms with Crippen LogP contribution in [0.1, 0.15) is 37.9 Å². The highest BCUT2D eigenvalue weighted by molar-refractivity contribution is 4.91. The first-order valence-electron chi connectivity index (χ1n) is 5.90. The molecule has 0 bridgehead atoms. The topological polar surface area (TPSA) is 42.7 Å². The molecular weight excluding hydrogens is 188 g/mol. The van der Waals surface area contributed by atoms with Crippen molar-refractivity contribution in [1.29, 1.82) is 0 Å². The molecule has 1 N–H and O–H groups in total. The fourth-order valence-corrected chi connectivity index (χ4v) is 2.44. The van der Waals surface area contributed by atoms with Crippen molar-refractivity contribution < 1.29 is 0 Å². The zero-order chi connectivity index (χ0) is 10.7. The van der Waals surface area contributed by atoms with E-state index in [4.69, 9.17) is 0 Å². The summed E-state index contributed by atoms with van der Waals surface area (Å²) in [5, 5.41) is 11.7. The van der Waals surface area contributed by atoms with E-state index in [1.165, 1.54) is 19.3 Å². The zero-order valence-electron chi connectivity index (χ0n) is 9.61. The molecule has 84 valence electrons. The number of piperidine rings is 1. The van der Waals surface area contributed by atoms with Crippen molar-refractivity contribution in [3.05, 3.63) is 11.9 Å². The van der Waals surface area contributed by atoms with Gasteiger partial charge in [-0.05, 0) is 32.2 Å². The summed E-state index contributed by atoms with van der Waals surface area (Å²) in [6, 6.07) is 0.500. The Morgan fingerprint density at radius 3 is 3.13 bits per heavy atom. The summed E-state index contributed by atoms with van der Waals surface area (Å²) in [6.07, 6.45) is 5.87. The predicted octanol–water partition coefficient (Wildman–Crippen LogP) is 1.54. The van der Waals surface area contributed by atoms with Crippen molar-refractivity contribution in [2.75, 3.05) is 13.1 Å². The smallest absolute Gasteiger partial charge is 0.0796 e. The van der Waals surface area contributed by atoms with Gasteiger partial charge in [-0.3, -0.25) is 0 Å². The lowest BCUT2D eigenvalue weighted by Crippen LogP contribution is -2.38. The lowest BCUT2D eigenvalue weighted by molar-refractivity contribution is 0.222. The monoisotopic (exact) mass is 208 g/mol. The molecule has 0 saturated carbocycles. The molecule has 0 aliphatic carbocycles. The fourth-order valence-electron chi connectivity index (χ4n) is 2.44. The fraction of sp³-hybridized carbons (Fsp3) is 0.818. The number of aryl methyl sites for hydroxylation is 1. The molecule has 1 aliphatic rings. The van der Waals surface area contributed by atoms with E-state index < -0.39 is 0 Å². The summed E-state index contributed by atoms with van der Waals surface area (Å²) in [5.74, 6) is 0.761. The zero-order valence-corrected chi connectivity index (χ0v) is 9.61. The number of nitrogens with zero attached hydrogens (tertiary/aromatic N) is 3. The molecule has 2 atom stereocenters. The van der Waals surface area contributed by atoms with E-state index >= 15 is 0 Å². The normalized spacial score (nSPS) is 26.8. The van der Waals surface area contributed by atoms with Crippen LogP contribution in [0.5, 0.6) is 0 Å². The highest BCUT2D eigenvalue weighted by Crippen LogP contribution is 2.27. The molecule has 2 unspecified atom stereocenters. The summed E-state index contributed by atoms with van der Waals surface area (Å²) < 4.78 is 2.04. The van der Waals surface area contributed by atoms with Crippen LogP contribution in [0.3, 0.4) is 0 Å². The van der Waals surface area contributed by atoms with Crippen molar-refractivity contribution in [2.24, 2.45) is 5.92 Å². The average molecular weight is 208 g/mol. The van der Waals surface area contributed by atoms with Crippen LogP contribution in [0, 0.1) is 12.8 Å². The summed E-state index contributed by atoms with van der Waals surface area (Å²) in [4.78, 5) is 0. The molecule has 1 aromatic rings. The van der Waals surface area contributed by atoms with E-state index in [9.17, 15) is 0 Å². The van der Waals surface area contributed by atoms with Gasteiger partial charge in [0.15, 0.2) is 0 Å². The molecule has 15 heavy (non-hydrogen) atoms. The SMILES string of the molecule is CCCC1CCNCC1n1cc(C)nn1. The predicted molar refractivity (Wildman–Crippen MR) is 59.7 cm³/mol. The third-order valence-electron chi connectivity index (χ3n) is 3.21. The molecule has 2 heterocycles. The Kier molecular flexibility index (Phi) is 3.36. The Labute approximate surface area is 91.1 Å². The number of hydrogen-bond acceptors (Lipinski definition) is 3. The molecule has 0 radical (unpaired) electrons. The van der Waals surface area contributed by atoms with Gasteiger partial charge in [-0.2, -0.15) is 0 Å². The first-order chi connectivity index (χ1) is 7.31. The summed E-state index contributed by atoms with van der Waals surface area (Å²) in [5.41, 5.74) is 1.01. The van der Waals surface area contributed by atoms with Gasteiger partial charge in [-0.1, -0.05) is 18.6 Å². The minimum atomic E-state index is 0.500. The molecule has 1 aromatic heterocycles. The van der Waals surface area contributed by atoms with E-state index in [1.807, 2.05) is 11.6 Å². The Bertz CT molecular complexity index is 305. The van der Waals surface area contributed by atoms with E-state index in [1.54, 1.807) is 0 Å². The van der Waals surface area contributed by atoms with Gasteiger partial charge in [0.05, 0.1) is 11.7 Å². The molecule has 4 nitrogen and oxygen atoms in total. The van der Waals surface area contributed by atoms with E-state index in [2.05, 4.69) is 28.7 Å². The molecule has 1 saturated heterocycles. The molecule has 0 amide bonds. The Morgan fingerprint density at radius 2 is 2.47 bits per heavy atom. The first kappa shape index (κ1) is 10.6. The molecule has 4 heteroatoms. The van der Waals surface area contributed by atoms with Crippen molar-refractivity contribution in [1.82, 2.24) is 20.3 Å². The largest absolute Gasteiger partial charge is 0.315 e. The third kappa shape index (κ3) is 2.37. The van der Waals surface area contributed by atoms with Crippen LogP contribution < -0.4 is 5.32 Å². The van der Waals surface area contributed by atoms with Gasteiger partial charge >= 0.3 is 0 Å². The molecular formula is C11H20N4. The van der Waals surface area contributed by atoms with Crippen LogP contribution in [-0.2, 0) is 0 Å². The summed E-state index contributed by atoms with van der Waals surface area (Å²) in [7, 11) is 0. The molecule has 0 aromatic carbocycles. The van der Waals surface area contributed by atoms with E-state index in [0.29, 0.717) is 6.04 Å². The van der Waals surface area contributed by atoms with Gasteiger partial charge in [0.25, 0.3) is 0 Å². The van der Waals surface area contributed by atoms with Crippen LogP contribution in [-0.4, -0.2) is 28.1 Å². The summed E-state index contributed by atoms with van der Waals surface area (Å²) >= 11 is 0. The maximum absolute atomic E-state index is 4.20. The second-order valence-electron chi connectivity index (χ2n) is 4.45. The van der Waals surface area contributed by atoms with Gasteiger partial charge in [0.1, 0.15) is 0 Å². The quantitative estimate of drug-likeness (QED) is 0.819. The molecule has 2 rings (SSSR count). The van der Waals surface area contributed by atoms with Gasteiger partial charge in [0.2, 0.25) is 0 Å². The highest BCUT2D eigenvalue weighted by Gasteiger charge is 2.26. The Morgan fingerprint density at radius 1 is 1.60 bits per heavy atom. The minimum Gasteiger partial charge on any atom is -0.315 e. The number of nitrogens with one attached hydrogen (secondary N) is 1. The first-order valence-corrected chi connectivity index (χ1v) is 5.90. The third-order valence-corrected chi connectivity index (χ3v) is 3.21. The number of aromatic nitrogens is 3. The van der Waals surface area contributed by atoms with Crippen molar-refractivity contribution >= 4 is 0 Å². The molecule has 1 aliphatic heterocycles. The van der Waals surface area contributed by atoms with E-state index in [0.717, 1.165) is 24.7 Å². The second kappa shape index (κ2) is 4.75. The van der Waals surface area contributed by atoms with Crippen LogP contribution in [0.4, 0.5) is 0 Å². The average Bonchev–Trinajstić information content (AvgIpc) is 2.66. The van der Waals surface area contributed by atoms with Gasteiger partial charge in [-0.15, -0.1) is 5.10 Å². The van der Waals surface area contributed by atoms with Gasteiger partial charge in [0, 0.05) is 12.7 Å². The highest BCUT2D eigenvalue weighted by atomic mass is 15.4. The Hall–Kier alpha value is -0.900. The second-order valence-corrected chi connectivity index (χ2v) is 4.45. The van der Waals surface area contributed by atoms with Crippen molar-refractivity contribution in [3.8, 4) is 0 Å². The maximum Gasteiger partial charge on any atom is 0.0796 e. The van der Waals surface area contributed by atoms with Crippen molar-refractivity contribution in [3.63, 3.8) is 0 Å². The molecule has 1 fully saturated rings. The minimum absolute atomic E-state index is 0.500. The Balaban J connectivity index is 2.10. The number of hydrogen-bond donors (Lipinski definition) is 1. The maximum atomic E-state index is 4.20. The lowest BCUT2D eigenvalue weighted by Gasteiger charge is -2.31. The lowest BCUT2D eigenvalue weighted by atomic mass is 9.89. The summed E-state index contributed by atoms with van der Waals surface area (Å²) in [6.45, 7) is 6.43. The number of rotatable bonds is 3. The molecule has 0 spiro atoms. The van der Waals surface area contributed by atoms with Gasteiger partial charge < -0.3 is 5.32 Å². The van der Waals surface area contributed by atoms with Gasteiger partial charge in [-0.25, -0.2) is 4.68 Å². The standard InChI is InChI=1S/C11H20N4/c1-3-4-10-5-6-12-7-11(10)15-8-9(2)13-14-15/h8,10-12H,3-7H2,1-2H3. The van der Waals surface area contributed by atoms with Crippen molar-refractivity contribution in [2.45, 2.75) is 39.2 Å². The van der Waals surface area contributed by atoms with E-state index in [-0.39, 0.29) is 0 Å². The van der Waals surface area contributed by atoms with Crippen LogP contribution >= 0.6 is 0 Å².